The molecule has 3 aromatic rings. The molecule has 6 heteroatoms. The number of rotatable bonds is 4. The Labute approximate surface area is 177 Å². The zero-order chi connectivity index (χ0) is 20.4. The van der Waals surface area contributed by atoms with E-state index in [1.807, 2.05) is 55.5 Å². The molecule has 0 saturated heterocycles. The van der Waals surface area contributed by atoms with Gasteiger partial charge < -0.3 is 14.6 Å². The van der Waals surface area contributed by atoms with Crippen molar-refractivity contribution in [3.8, 4) is 0 Å². The Balaban J connectivity index is 1.61. The van der Waals surface area contributed by atoms with Gasteiger partial charge in [0.05, 0.1) is 12.3 Å². The summed E-state index contributed by atoms with van der Waals surface area (Å²) >= 11 is 3.54. The number of nitrogens with zero attached hydrogens (tertiary/aromatic N) is 1. The van der Waals surface area contributed by atoms with Crippen LogP contribution < -0.4 is 5.32 Å². The predicted octanol–water partition coefficient (Wildman–Crippen LogP) is 4.49. The van der Waals surface area contributed by atoms with E-state index in [2.05, 4.69) is 21.2 Å². The molecule has 148 valence electrons. The van der Waals surface area contributed by atoms with Crippen LogP contribution in [-0.2, 0) is 17.8 Å². The first kappa shape index (κ1) is 19.5. The topological polar surface area (TPSA) is 62.6 Å². The maximum absolute atomic E-state index is 13.2. The van der Waals surface area contributed by atoms with E-state index in [4.69, 9.17) is 4.42 Å². The van der Waals surface area contributed by atoms with Gasteiger partial charge in [-0.1, -0.05) is 58.4 Å². The summed E-state index contributed by atoms with van der Waals surface area (Å²) in [5.74, 6) is -0.220. The predicted molar refractivity (Wildman–Crippen MR) is 113 cm³/mol. The van der Waals surface area contributed by atoms with Crippen molar-refractivity contribution in [1.29, 1.82) is 0 Å². The second kappa shape index (κ2) is 8.25. The maximum atomic E-state index is 13.2. The normalized spacial score (nSPS) is 16.8. The first-order chi connectivity index (χ1) is 14.0. The SMILES string of the molecule is CC(NC(=O)C1Cc2ccccc2CN1C(=O)c1ccco1)c1ccccc1Br. The van der Waals surface area contributed by atoms with Gasteiger partial charge in [-0.3, -0.25) is 9.59 Å². The summed E-state index contributed by atoms with van der Waals surface area (Å²) < 4.78 is 6.24. The van der Waals surface area contributed by atoms with E-state index < -0.39 is 6.04 Å². The van der Waals surface area contributed by atoms with Crippen LogP contribution in [0.3, 0.4) is 0 Å². The van der Waals surface area contributed by atoms with Crippen LogP contribution in [0.4, 0.5) is 0 Å². The van der Waals surface area contributed by atoms with Crippen molar-refractivity contribution in [3.05, 3.63) is 93.9 Å². The maximum Gasteiger partial charge on any atom is 0.290 e. The molecule has 0 saturated carbocycles. The Hall–Kier alpha value is -2.86. The highest BCUT2D eigenvalue weighted by Gasteiger charge is 2.36. The fraction of sp³-hybridized carbons (Fsp3) is 0.217. The first-order valence-corrected chi connectivity index (χ1v) is 10.3. The summed E-state index contributed by atoms with van der Waals surface area (Å²) in [5, 5.41) is 3.07. The minimum Gasteiger partial charge on any atom is -0.459 e. The van der Waals surface area contributed by atoms with E-state index in [-0.39, 0.29) is 23.6 Å². The number of nitrogens with one attached hydrogen (secondary N) is 1. The zero-order valence-electron chi connectivity index (χ0n) is 16.0. The summed E-state index contributed by atoms with van der Waals surface area (Å²) in [6, 6.07) is 18.2. The molecule has 1 N–H and O–H groups in total. The first-order valence-electron chi connectivity index (χ1n) is 9.50. The molecule has 29 heavy (non-hydrogen) atoms. The number of hydrogen-bond donors (Lipinski definition) is 1. The van der Waals surface area contributed by atoms with Gasteiger partial charge in [-0.15, -0.1) is 0 Å². The van der Waals surface area contributed by atoms with Crippen molar-refractivity contribution >= 4 is 27.7 Å². The number of halogens is 1. The van der Waals surface area contributed by atoms with Crippen LogP contribution in [0, 0.1) is 0 Å². The van der Waals surface area contributed by atoms with Crippen molar-refractivity contribution in [2.75, 3.05) is 0 Å². The molecule has 1 aliphatic rings. The van der Waals surface area contributed by atoms with Crippen LogP contribution in [0.2, 0.25) is 0 Å². The number of amides is 2. The van der Waals surface area contributed by atoms with Crippen LogP contribution >= 0.6 is 15.9 Å². The van der Waals surface area contributed by atoms with Gasteiger partial charge >= 0.3 is 0 Å². The third-order valence-corrected chi connectivity index (χ3v) is 6.00. The molecule has 0 spiro atoms. The molecule has 1 aromatic heterocycles. The standard InChI is InChI=1S/C23H21BrN2O3/c1-15(18-9-4-5-10-19(18)24)25-22(27)20-13-16-7-2-3-8-17(16)14-26(20)23(28)21-11-6-12-29-21/h2-12,15,20H,13-14H2,1H3,(H,25,27). The molecule has 2 unspecified atom stereocenters. The summed E-state index contributed by atoms with van der Waals surface area (Å²) in [4.78, 5) is 27.9. The van der Waals surface area contributed by atoms with Gasteiger partial charge in [0, 0.05) is 17.4 Å². The Morgan fingerprint density at radius 3 is 2.52 bits per heavy atom. The molecule has 0 bridgehead atoms. The fourth-order valence-corrected chi connectivity index (χ4v) is 4.35. The summed E-state index contributed by atoms with van der Waals surface area (Å²) in [5.41, 5.74) is 3.13. The number of carbonyl (C=O) groups is 2. The third kappa shape index (κ3) is 3.98. The number of fused-ring (bicyclic) bond motifs is 1. The van der Waals surface area contributed by atoms with Crippen molar-refractivity contribution in [2.45, 2.75) is 32.0 Å². The molecule has 2 atom stereocenters. The number of carbonyl (C=O) groups excluding carboxylic acids is 2. The lowest BCUT2D eigenvalue weighted by atomic mass is 9.93. The highest BCUT2D eigenvalue weighted by atomic mass is 79.9. The van der Waals surface area contributed by atoms with E-state index in [1.165, 1.54) is 6.26 Å². The third-order valence-electron chi connectivity index (χ3n) is 5.27. The Morgan fingerprint density at radius 2 is 1.79 bits per heavy atom. The molecule has 2 heterocycles. The lowest BCUT2D eigenvalue weighted by Crippen LogP contribution is -2.52. The average molecular weight is 453 g/mol. The highest BCUT2D eigenvalue weighted by Crippen LogP contribution is 2.27. The smallest absolute Gasteiger partial charge is 0.290 e. The van der Waals surface area contributed by atoms with Gasteiger partial charge in [-0.05, 0) is 41.8 Å². The van der Waals surface area contributed by atoms with Crippen LogP contribution in [0.5, 0.6) is 0 Å². The van der Waals surface area contributed by atoms with Gasteiger partial charge in [0.1, 0.15) is 6.04 Å². The summed E-state index contributed by atoms with van der Waals surface area (Å²) in [6.07, 6.45) is 1.94. The molecule has 0 radical (unpaired) electrons. The molecule has 1 aliphatic heterocycles. The fourth-order valence-electron chi connectivity index (χ4n) is 3.73. The van der Waals surface area contributed by atoms with Crippen molar-refractivity contribution in [1.82, 2.24) is 10.2 Å². The molecular weight excluding hydrogens is 432 g/mol. The van der Waals surface area contributed by atoms with E-state index in [0.29, 0.717) is 13.0 Å². The van der Waals surface area contributed by atoms with Crippen LogP contribution in [-0.4, -0.2) is 22.8 Å². The van der Waals surface area contributed by atoms with Crippen molar-refractivity contribution in [3.63, 3.8) is 0 Å². The van der Waals surface area contributed by atoms with E-state index >= 15 is 0 Å². The largest absolute Gasteiger partial charge is 0.459 e. The molecule has 0 aliphatic carbocycles. The second-order valence-electron chi connectivity index (χ2n) is 7.15. The Bertz CT molecular complexity index is 1030. The Kier molecular flexibility index (Phi) is 5.53. The van der Waals surface area contributed by atoms with E-state index in [9.17, 15) is 9.59 Å². The number of hydrogen-bond acceptors (Lipinski definition) is 3. The molecule has 0 fully saturated rings. The average Bonchev–Trinajstić information content (AvgIpc) is 3.27. The number of benzene rings is 2. The molecule has 2 amide bonds. The lowest BCUT2D eigenvalue weighted by Gasteiger charge is -2.36. The van der Waals surface area contributed by atoms with Gasteiger partial charge in [-0.2, -0.15) is 0 Å². The minimum absolute atomic E-state index is 0.178. The molecular formula is C23H21BrN2O3. The van der Waals surface area contributed by atoms with Gasteiger partial charge in [0.15, 0.2) is 5.76 Å². The molecule has 2 aromatic carbocycles. The highest BCUT2D eigenvalue weighted by molar-refractivity contribution is 9.10. The monoisotopic (exact) mass is 452 g/mol. The van der Waals surface area contributed by atoms with Gasteiger partial charge in [0.25, 0.3) is 5.91 Å². The molecule has 5 nitrogen and oxygen atoms in total. The van der Waals surface area contributed by atoms with Crippen LogP contribution in [0.1, 0.15) is 40.2 Å². The van der Waals surface area contributed by atoms with Crippen molar-refractivity contribution in [2.24, 2.45) is 0 Å². The van der Waals surface area contributed by atoms with Crippen LogP contribution in [0.25, 0.3) is 0 Å². The van der Waals surface area contributed by atoms with E-state index in [1.54, 1.807) is 17.0 Å². The Morgan fingerprint density at radius 1 is 1.07 bits per heavy atom. The number of furan rings is 1. The quantitative estimate of drug-likeness (QED) is 0.634. The minimum atomic E-state index is -0.604. The van der Waals surface area contributed by atoms with Gasteiger partial charge in [0.2, 0.25) is 5.91 Å². The van der Waals surface area contributed by atoms with E-state index in [0.717, 1.165) is 21.2 Å². The lowest BCUT2D eigenvalue weighted by molar-refractivity contribution is -0.126. The molecule has 4 rings (SSSR count). The summed E-state index contributed by atoms with van der Waals surface area (Å²) in [6.45, 7) is 2.31. The summed E-state index contributed by atoms with van der Waals surface area (Å²) in [7, 11) is 0. The van der Waals surface area contributed by atoms with Gasteiger partial charge in [-0.25, -0.2) is 0 Å². The second-order valence-corrected chi connectivity index (χ2v) is 8.01. The van der Waals surface area contributed by atoms with Crippen molar-refractivity contribution < 1.29 is 14.0 Å². The zero-order valence-corrected chi connectivity index (χ0v) is 17.6. The van der Waals surface area contributed by atoms with Crippen LogP contribution in [0.15, 0.2) is 75.8 Å².